The molecule has 5 nitrogen and oxygen atoms in total. The Kier molecular flexibility index (Phi) is 3.93. The van der Waals surface area contributed by atoms with Crippen molar-refractivity contribution in [1.82, 2.24) is 0 Å². The molecular weight excluding hydrogens is 552 g/mol. The van der Waals surface area contributed by atoms with E-state index in [4.69, 9.17) is 4.74 Å². The van der Waals surface area contributed by atoms with E-state index in [9.17, 15) is 0 Å². The van der Waals surface area contributed by atoms with Gasteiger partial charge in [0.1, 0.15) is 36.0 Å². The number of para-hydroxylation sites is 2. The van der Waals surface area contributed by atoms with E-state index in [0.717, 1.165) is 8.97 Å². The number of allylic oxidation sites excluding steroid dienone is 2. The number of quaternary nitrogens is 2. The molecule has 6 bridgehead atoms. The van der Waals surface area contributed by atoms with Gasteiger partial charge in [0.15, 0.2) is 11.4 Å². The Bertz CT molecular complexity index is 1800. The van der Waals surface area contributed by atoms with Gasteiger partial charge in [-0.05, 0) is 48.3 Å². The standard InChI is InChI=1S/C40H44N4O/c1-5-25-23-43(3)17-15-37-29-11-7-10-14-34(29)42-22-32-28-20-36-38(16-18-44(36,4)24-26(28)6-2)30-12-8-9-13-33(30)41-21-31(27(25)19-35(37)43)39(37,42)45-40(32,38)41/h5-14,21-22,27-28,35-36H,15-20,23-24H2,1-4H3/q+2/b25-5-,26-6-/t27-,28-,35-,36-,37+,38+,39+,40+,43-,44-/m0/s1. The van der Waals surface area contributed by atoms with E-state index in [-0.39, 0.29) is 10.8 Å². The zero-order chi connectivity index (χ0) is 29.9. The number of rotatable bonds is 0. The molecule has 2 saturated carbocycles. The highest BCUT2D eigenvalue weighted by Gasteiger charge is 2.88. The molecule has 0 amide bonds. The zero-order valence-electron chi connectivity index (χ0n) is 27.1. The van der Waals surface area contributed by atoms with Gasteiger partial charge in [0, 0.05) is 72.4 Å². The summed E-state index contributed by atoms with van der Waals surface area (Å²) in [6.07, 6.45) is 15.2. The van der Waals surface area contributed by atoms with Gasteiger partial charge < -0.3 is 23.5 Å². The van der Waals surface area contributed by atoms with E-state index in [1.54, 1.807) is 22.3 Å². The summed E-state index contributed by atoms with van der Waals surface area (Å²) in [5, 5.41) is 0. The second kappa shape index (κ2) is 7.07. The average Bonchev–Trinajstić information content (AvgIpc) is 3.72. The van der Waals surface area contributed by atoms with E-state index in [2.05, 4.69) is 111 Å². The molecule has 8 heterocycles. The van der Waals surface area contributed by atoms with Crippen LogP contribution in [0, 0.1) is 11.8 Å². The topological polar surface area (TPSA) is 15.7 Å². The summed E-state index contributed by atoms with van der Waals surface area (Å²) in [6, 6.07) is 20.1. The summed E-state index contributed by atoms with van der Waals surface area (Å²) in [6.45, 7) is 9.36. The summed E-state index contributed by atoms with van der Waals surface area (Å²) in [4.78, 5) is 5.48. The molecule has 2 aliphatic carbocycles. The third-order valence-electron chi connectivity index (χ3n) is 15.9. The number of nitrogens with zero attached hydrogens (tertiary/aromatic N) is 4. The van der Waals surface area contributed by atoms with E-state index in [0.29, 0.717) is 23.9 Å². The molecule has 6 fully saturated rings. The SMILES string of the molecule is C/C=C1/C[N@+]2(C)CC[C@@]34c5ccccc5N5C=C6[C@H]7C[C@H]8[C@@]9(CC[N@@+]8(C)C/C7=C/C)c7ccccc7N7C=C([C@H]1C[C@@H]32)[C@]54O[C@@]679. The minimum absolute atomic E-state index is 0.0640. The summed E-state index contributed by atoms with van der Waals surface area (Å²) in [5.41, 5.74) is 11.1. The van der Waals surface area contributed by atoms with Gasteiger partial charge >= 0.3 is 0 Å². The maximum atomic E-state index is 8.68. The molecular formula is C40H44N4O+2. The molecule has 4 spiro atoms. The highest BCUT2D eigenvalue weighted by atomic mass is 16.6. The smallest absolute Gasteiger partial charge is 0.188 e. The van der Waals surface area contributed by atoms with Crippen LogP contribution in [0.25, 0.3) is 0 Å². The molecule has 2 aromatic rings. The summed E-state index contributed by atoms with van der Waals surface area (Å²) in [7, 11) is 5.15. The highest BCUT2D eigenvalue weighted by Crippen LogP contribution is 2.79. The average molecular weight is 597 g/mol. The molecule has 45 heavy (non-hydrogen) atoms. The van der Waals surface area contributed by atoms with Gasteiger partial charge in [-0.15, -0.1) is 0 Å². The fraction of sp³-hybridized carbons (Fsp3) is 0.500. The van der Waals surface area contributed by atoms with E-state index < -0.39 is 11.4 Å². The number of hydrogen-bond donors (Lipinski definition) is 0. The lowest BCUT2D eigenvalue weighted by Gasteiger charge is -2.70. The van der Waals surface area contributed by atoms with Crippen LogP contribution in [0.2, 0.25) is 0 Å². The summed E-state index contributed by atoms with van der Waals surface area (Å²) in [5.74, 6) is 0.841. The predicted octanol–water partition coefficient (Wildman–Crippen LogP) is 6.10. The van der Waals surface area contributed by atoms with Crippen LogP contribution in [-0.4, -0.2) is 72.8 Å². The molecule has 0 N–H and O–H groups in total. The van der Waals surface area contributed by atoms with Crippen molar-refractivity contribution in [3.05, 3.63) is 107 Å². The van der Waals surface area contributed by atoms with Crippen LogP contribution in [0.1, 0.15) is 50.7 Å². The molecule has 8 aliphatic heterocycles. The summed E-state index contributed by atoms with van der Waals surface area (Å²) < 4.78 is 11.0. The molecule has 0 unspecified atom stereocenters. The van der Waals surface area contributed by atoms with Crippen LogP contribution in [0.5, 0.6) is 0 Å². The number of benzene rings is 2. The first-order valence-electron chi connectivity index (χ1n) is 17.7. The van der Waals surface area contributed by atoms with Gasteiger partial charge in [0.25, 0.3) is 0 Å². The monoisotopic (exact) mass is 596 g/mol. The largest absolute Gasteiger partial charge is 0.319 e. The molecule has 0 radical (unpaired) electrons. The van der Waals surface area contributed by atoms with Gasteiger partial charge in [-0.1, -0.05) is 48.6 Å². The van der Waals surface area contributed by atoms with Crippen LogP contribution in [-0.2, 0) is 15.6 Å². The van der Waals surface area contributed by atoms with E-state index in [1.165, 1.54) is 74.4 Å². The van der Waals surface area contributed by atoms with Crippen molar-refractivity contribution in [2.75, 3.05) is 50.1 Å². The Balaban J connectivity index is 1.26. The highest BCUT2D eigenvalue weighted by molar-refractivity contribution is 5.82. The van der Waals surface area contributed by atoms with Crippen molar-refractivity contribution < 1.29 is 13.7 Å². The van der Waals surface area contributed by atoms with Gasteiger partial charge in [-0.2, -0.15) is 0 Å². The second-order valence-corrected chi connectivity index (χ2v) is 16.8. The van der Waals surface area contributed by atoms with Crippen molar-refractivity contribution in [3.63, 3.8) is 0 Å². The fourth-order valence-corrected chi connectivity index (χ4v) is 14.4. The Labute approximate surface area is 266 Å². The van der Waals surface area contributed by atoms with Crippen LogP contribution in [0.3, 0.4) is 0 Å². The minimum Gasteiger partial charge on any atom is -0.319 e. The van der Waals surface area contributed by atoms with Gasteiger partial charge in [-0.25, -0.2) is 0 Å². The van der Waals surface area contributed by atoms with E-state index >= 15 is 0 Å². The van der Waals surface area contributed by atoms with Gasteiger partial charge in [-0.3, -0.25) is 0 Å². The number of likely N-dealkylation sites (N-methyl/N-ethyl adjacent to an activating group) is 2. The first-order valence-corrected chi connectivity index (χ1v) is 17.7. The third kappa shape index (κ3) is 2.12. The van der Waals surface area contributed by atoms with Crippen molar-refractivity contribution in [2.45, 2.75) is 73.9 Å². The first kappa shape index (κ1) is 25.0. The molecule has 2 aromatic carbocycles. The lowest BCUT2D eigenvalue weighted by Crippen LogP contribution is -2.83. The summed E-state index contributed by atoms with van der Waals surface area (Å²) >= 11 is 0. The van der Waals surface area contributed by atoms with Crippen molar-refractivity contribution in [3.8, 4) is 0 Å². The zero-order valence-corrected chi connectivity index (χ0v) is 27.1. The quantitative estimate of drug-likeness (QED) is 0.270. The molecule has 12 rings (SSSR count). The fourth-order valence-electron chi connectivity index (χ4n) is 14.4. The Morgan fingerprint density at radius 1 is 0.689 bits per heavy atom. The van der Waals surface area contributed by atoms with Gasteiger partial charge in [0.05, 0.1) is 27.2 Å². The van der Waals surface area contributed by atoms with Crippen LogP contribution < -0.4 is 9.80 Å². The minimum atomic E-state index is -0.502. The van der Waals surface area contributed by atoms with Crippen molar-refractivity contribution >= 4 is 11.4 Å². The number of ether oxygens (including phenoxy) is 1. The lowest BCUT2D eigenvalue weighted by molar-refractivity contribution is -0.925. The van der Waals surface area contributed by atoms with E-state index in [1.807, 2.05) is 0 Å². The Morgan fingerprint density at radius 2 is 1.13 bits per heavy atom. The predicted molar refractivity (Wildman–Crippen MR) is 176 cm³/mol. The van der Waals surface area contributed by atoms with Crippen LogP contribution >= 0.6 is 0 Å². The maximum Gasteiger partial charge on any atom is 0.188 e. The second-order valence-electron chi connectivity index (χ2n) is 16.8. The number of hydrogen-bond acceptors (Lipinski definition) is 3. The van der Waals surface area contributed by atoms with Crippen LogP contribution in [0.15, 0.2) is 95.4 Å². The molecule has 228 valence electrons. The number of fused-ring (bicyclic) bond motifs is 8. The molecule has 10 aliphatic rings. The molecule has 5 heteroatoms. The number of piperidine rings is 2. The maximum absolute atomic E-state index is 8.68. The Morgan fingerprint density at radius 3 is 1.58 bits per heavy atom. The third-order valence-corrected chi connectivity index (χ3v) is 15.9. The van der Waals surface area contributed by atoms with Crippen molar-refractivity contribution in [1.29, 1.82) is 0 Å². The lowest BCUT2D eigenvalue weighted by atomic mass is 9.51. The van der Waals surface area contributed by atoms with Crippen molar-refractivity contribution in [2.24, 2.45) is 11.8 Å². The van der Waals surface area contributed by atoms with Gasteiger partial charge in [0.2, 0.25) is 0 Å². The Hall–Kier alpha value is -3.12. The molecule has 0 aromatic heterocycles. The molecule has 4 saturated heterocycles. The first-order chi connectivity index (χ1) is 21.8. The number of anilines is 2. The normalized spacial score (nSPS) is 51.1. The molecule has 10 atom stereocenters. The van der Waals surface area contributed by atoms with Crippen LogP contribution in [0.4, 0.5) is 11.4 Å².